The van der Waals surface area contributed by atoms with Gasteiger partial charge in [-0.3, -0.25) is 0 Å². The third kappa shape index (κ3) is 3.56. The van der Waals surface area contributed by atoms with Crippen molar-refractivity contribution in [2.24, 2.45) is 5.92 Å². The summed E-state index contributed by atoms with van der Waals surface area (Å²) in [4.78, 5) is 0. The largest absolute Gasteiger partial charge is 0.310 e. The molecule has 0 heterocycles. The summed E-state index contributed by atoms with van der Waals surface area (Å²) in [6.07, 6.45) is 5.09. The van der Waals surface area contributed by atoms with Gasteiger partial charge in [0.2, 0.25) is 0 Å². The Labute approximate surface area is 113 Å². The van der Waals surface area contributed by atoms with E-state index in [1.54, 1.807) is 0 Å². The van der Waals surface area contributed by atoms with Crippen molar-refractivity contribution in [1.29, 1.82) is 0 Å². The summed E-state index contributed by atoms with van der Waals surface area (Å²) in [5.74, 6) is 0.823. The first-order valence-electron chi connectivity index (χ1n) is 6.68. The molecule has 1 aliphatic carbocycles. The lowest BCUT2D eigenvalue weighted by atomic mass is 10.1. The predicted molar refractivity (Wildman–Crippen MR) is 77.3 cm³/mol. The van der Waals surface area contributed by atoms with E-state index in [0.29, 0.717) is 6.04 Å². The van der Waals surface area contributed by atoms with Crippen molar-refractivity contribution in [2.45, 2.75) is 45.6 Å². The smallest absolute Gasteiger partial charge is 0.0326 e. The Morgan fingerprint density at radius 3 is 3.00 bits per heavy atom. The summed E-state index contributed by atoms with van der Waals surface area (Å²) in [7, 11) is 0. The Kier molecular flexibility index (Phi) is 4.63. The van der Waals surface area contributed by atoms with Crippen LogP contribution < -0.4 is 5.32 Å². The normalized spacial score (nSPS) is 18.7. The number of rotatable bonds is 5. The Balaban J connectivity index is 1.85. The molecular weight excluding hydrogens is 274 g/mol. The Bertz CT molecular complexity index is 373. The maximum Gasteiger partial charge on any atom is 0.0326 e. The van der Waals surface area contributed by atoms with Crippen LogP contribution in [0.2, 0.25) is 0 Å². The Morgan fingerprint density at radius 2 is 2.24 bits per heavy atom. The molecule has 0 radical (unpaired) electrons. The van der Waals surface area contributed by atoms with Crippen LogP contribution in [0.15, 0.2) is 22.7 Å². The monoisotopic (exact) mass is 295 g/mol. The summed E-state index contributed by atoms with van der Waals surface area (Å²) < 4.78 is 1.21. The van der Waals surface area contributed by atoms with Gasteiger partial charge in [-0.05, 0) is 61.4 Å². The molecule has 0 spiro atoms. The lowest BCUT2D eigenvalue weighted by Crippen LogP contribution is -2.20. The minimum absolute atomic E-state index is 0.588. The van der Waals surface area contributed by atoms with Gasteiger partial charge in [0.15, 0.2) is 0 Å². The van der Waals surface area contributed by atoms with Gasteiger partial charge < -0.3 is 5.32 Å². The zero-order valence-corrected chi connectivity index (χ0v) is 12.4. The molecular formula is C15H22BrN. The quantitative estimate of drug-likeness (QED) is 0.791. The van der Waals surface area contributed by atoms with E-state index in [4.69, 9.17) is 0 Å². The van der Waals surface area contributed by atoms with Crippen molar-refractivity contribution in [1.82, 2.24) is 5.32 Å². The van der Waals surface area contributed by atoms with E-state index in [1.807, 2.05) is 0 Å². The summed E-state index contributed by atoms with van der Waals surface area (Å²) >= 11 is 3.54. The van der Waals surface area contributed by atoms with Gasteiger partial charge >= 0.3 is 0 Å². The second-order valence-electron chi connectivity index (χ2n) is 5.42. The van der Waals surface area contributed by atoms with Gasteiger partial charge in [0.05, 0.1) is 0 Å². The molecule has 1 N–H and O–H groups in total. The SMILES string of the molecule is CC(C)CCCNC1CCc2cc(Br)ccc21. The summed E-state index contributed by atoms with van der Waals surface area (Å²) in [5, 5.41) is 3.70. The molecule has 1 unspecified atom stereocenters. The zero-order valence-electron chi connectivity index (χ0n) is 10.8. The molecule has 1 aromatic rings. The van der Waals surface area contributed by atoms with Gasteiger partial charge in [-0.1, -0.05) is 35.8 Å². The molecule has 94 valence electrons. The average Bonchev–Trinajstić information content (AvgIpc) is 2.66. The second kappa shape index (κ2) is 6.01. The van der Waals surface area contributed by atoms with Crippen molar-refractivity contribution in [3.05, 3.63) is 33.8 Å². The molecule has 0 aliphatic heterocycles. The molecule has 1 nitrogen and oxygen atoms in total. The topological polar surface area (TPSA) is 12.0 Å². The lowest BCUT2D eigenvalue weighted by Gasteiger charge is -2.14. The van der Waals surface area contributed by atoms with Crippen LogP contribution in [-0.4, -0.2) is 6.54 Å². The van der Waals surface area contributed by atoms with Crippen LogP contribution in [0.25, 0.3) is 0 Å². The molecule has 2 rings (SSSR count). The van der Waals surface area contributed by atoms with Crippen LogP contribution in [0, 0.1) is 5.92 Å². The fourth-order valence-corrected chi connectivity index (χ4v) is 2.99. The van der Waals surface area contributed by atoms with Gasteiger partial charge in [-0.15, -0.1) is 0 Å². The van der Waals surface area contributed by atoms with Gasteiger partial charge in [-0.2, -0.15) is 0 Å². The van der Waals surface area contributed by atoms with Gasteiger partial charge in [0.25, 0.3) is 0 Å². The third-order valence-electron chi connectivity index (χ3n) is 3.53. The van der Waals surface area contributed by atoms with Crippen molar-refractivity contribution >= 4 is 15.9 Å². The van der Waals surface area contributed by atoms with Crippen LogP contribution in [0.5, 0.6) is 0 Å². The molecule has 0 fully saturated rings. The van der Waals surface area contributed by atoms with Crippen LogP contribution >= 0.6 is 15.9 Å². The Hall–Kier alpha value is -0.340. The number of aryl methyl sites for hydroxylation is 1. The summed E-state index contributed by atoms with van der Waals surface area (Å²) in [6, 6.07) is 7.29. The van der Waals surface area contributed by atoms with E-state index in [0.717, 1.165) is 12.5 Å². The van der Waals surface area contributed by atoms with Gasteiger partial charge in [-0.25, -0.2) is 0 Å². The van der Waals surface area contributed by atoms with Crippen LogP contribution in [0.3, 0.4) is 0 Å². The highest BCUT2D eigenvalue weighted by Gasteiger charge is 2.21. The highest BCUT2D eigenvalue weighted by atomic mass is 79.9. The maximum atomic E-state index is 3.70. The highest BCUT2D eigenvalue weighted by Crippen LogP contribution is 2.32. The molecule has 1 atom stereocenters. The molecule has 1 aliphatic rings. The minimum atomic E-state index is 0.588. The van der Waals surface area contributed by atoms with Gasteiger partial charge in [0, 0.05) is 10.5 Å². The van der Waals surface area contributed by atoms with Crippen LogP contribution in [-0.2, 0) is 6.42 Å². The average molecular weight is 296 g/mol. The fraction of sp³-hybridized carbons (Fsp3) is 0.600. The summed E-state index contributed by atoms with van der Waals surface area (Å²) in [6.45, 7) is 5.74. The molecule has 2 heteroatoms. The first kappa shape index (κ1) is 13.1. The molecule has 0 amide bonds. The number of halogens is 1. The molecule has 17 heavy (non-hydrogen) atoms. The molecule has 0 saturated heterocycles. The zero-order chi connectivity index (χ0) is 12.3. The van der Waals surface area contributed by atoms with Crippen molar-refractivity contribution < 1.29 is 0 Å². The van der Waals surface area contributed by atoms with Crippen LogP contribution in [0.4, 0.5) is 0 Å². The predicted octanol–water partition coefficient (Wildman–Crippen LogP) is 4.46. The van der Waals surface area contributed by atoms with E-state index >= 15 is 0 Å². The number of fused-ring (bicyclic) bond motifs is 1. The first-order chi connectivity index (χ1) is 8.16. The minimum Gasteiger partial charge on any atom is -0.310 e. The highest BCUT2D eigenvalue weighted by molar-refractivity contribution is 9.10. The van der Waals surface area contributed by atoms with Crippen molar-refractivity contribution in [3.63, 3.8) is 0 Å². The van der Waals surface area contributed by atoms with E-state index in [-0.39, 0.29) is 0 Å². The number of hydrogen-bond donors (Lipinski definition) is 1. The number of hydrogen-bond acceptors (Lipinski definition) is 1. The first-order valence-corrected chi connectivity index (χ1v) is 7.48. The van der Waals surface area contributed by atoms with E-state index in [1.165, 1.54) is 41.3 Å². The molecule has 0 bridgehead atoms. The number of nitrogens with one attached hydrogen (secondary N) is 1. The third-order valence-corrected chi connectivity index (χ3v) is 4.03. The van der Waals surface area contributed by atoms with Crippen molar-refractivity contribution in [2.75, 3.05) is 6.54 Å². The van der Waals surface area contributed by atoms with E-state index in [9.17, 15) is 0 Å². The molecule has 0 aromatic heterocycles. The fourth-order valence-electron chi connectivity index (χ4n) is 2.58. The summed E-state index contributed by atoms with van der Waals surface area (Å²) in [5.41, 5.74) is 3.03. The van der Waals surface area contributed by atoms with E-state index in [2.05, 4.69) is 53.3 Å². The maximum absolute atomic E-state index is 3.70. The lowest BCUT2D eigenvalue weighted by molar-refractivity contribution is 0.479. The van der Waals surface area contributed by atoms with Crippen LogP contribution in [0.1, 0.15) is 50.3 Å². The number of benzene rings is 1. The Morgan fingerprint density at radius 1 is 1.41 bits per heavy atom. The second-order valence-corrected chi connectivity index (χ2v) is 6.34. The standard InChI is InChI=1S/C15H22BrN/c1-11(2)4-3-9-17-15-8-5-12-10-13(16)6-7-14(12)15/h6-7,10-11,15,17H,3-5,8-9H2,1-2H3. The van der Waals surface area contributed by atoms with E-state index < -0.39 is 0 Å². The van der Waals surface area contributed by atoms with Gasteiger partial charge in [0.1, 0.15) is 0 Å². The molecule has 1 aromatic carbocycles. The van der Waals surface area contributed by atoms with Crippen molar-refractivity contribution in [3.8, 4) is 0 Å². The molecule has 0 saturated carbocycles.